The van der Waals surface area contributed by atoms with E-state index < -0.39 is 0 Å². The van der Waals surface area contributed by atoms with Gasteiger partial charge in [0.15, 0.2) is 0 Å². The molecule has 5 heteroatoms. The molecule has 0 bridgehead atoms. The molecule has 0 saturated heterocycles. The molecule has 9 heavy (non-hydrogen) atoms. The van der Waals surface area contributed by atoms with Gasteiger partial charge in [0.2, 0.25) is 0 Å². The zero-order chi connectivity index (χ0) is 6.53. The lowest BCUT2D eigenvalue weighted by Gasteiger charge is -1.88. The monoisotopic (exact) mass is 126 g/mol. The standard InChI is InChI=1S/C4H6N4O/c9-3-4-1-2-5-7-8-6-4/h1-2,9H,3H2,(H,5,8). The number of hydrogen-bond acceptors (Lipinski definition) is 5. The molecule has 0 aromatic rings. The Labute approximate surface area is 51.8 Å². The molecule has 1 heterocycles. The molecule has 1 aliphatic rings. The molecule has 0 aliphatic carbocycles. The van der Waals surface area contributed by atoms with Crippen LogP contribution in [0.5, 0.6) is 0 Å². The van der Waals surface area contributed by atoms with Gasteiger partial charge in [-0.2, -0.15) is 10.6 Å². The second kappa shape index (κ2) is 2.93. The van der Waals surface area contributed by atoms with Gasteiger partial charge < -0.3 is 5.11 Å². The van der Waals surface area contributed by atoms with E-state index in [1.165, 1.54) is 6.20 Å². The van der Waals surface area contributed by atoms with Crippen molar-refractivity contribution in [3.8, 4) is 0 Å². The molecule has 1 rings (SSSR count). The molecule has 0 amide bonds. The Balaban J connectivity index is 2.63. The SMILES string of the molecule is OCC1=NNN=NC=C1. The summed E-state index contributed by atoms with van der Waals surface area (Å²) in [5.74, 6) is 0. The van der Waals surface area contributed by atoms with Crippen molar-refractivity contribution in [2.45, 2.75) is 0 Å². The molecule has 0 spiro atoms. The van der Waals surface area contributed by atoms with Crippen LogP contribution in [0.15, 0.2) is 27.7 Å². The fraction of sp³-hybridized carbons (Fsp3) is 0.250. The smallest absolute Gasteiger partial charge is 0.0894 e. The van der Waals surface area contributed by atoms with Crippen molar-refractivity contribution >= 4 is 5.71 Å². The third-order valence-electron chi connectivity index (χ3n) is 0.792. The van der Waals surface area contributed by atoms with Crippen LogP contribution < -0.4 is 5.53 Å². The average molecular weight is 126 g/mol. The summed E-state index contributed by atoms with van der Waals surface area (Å²) >= 11 is 0. The number of aliphatic hydroxyl groups excluding tert-OH is 1. The number of nitrogens with zero attached hydrogens (tertiary/aromatic N) is 3. The van der Waals surface area contributed by atoms with E-state index in [0.717, 1.165) is 0 Å². The minimum absolute atomic E-state index is 0.103. The van der Waals surface area contributed by atoms with Gasteiger partial charge in [0.05, 0.1) is 18.5 Å². The van der Waals surface area contributed by atoms with Gasteiger partial charge in [0.25, 0.3) is 0 Å². The molecule has 5 nitrogen and oxygen atoms in total. The van der Waals surface area contributed by atoms with Crippen molar-refractivity contribution in [3.05, 3.63) is 12.3 Å². The summed E-state index contributed by atoms with van der Waals surface area (Å²) in [4.78, 5) is 0. The predicted octanol–water partition coefficient (Wildman–Crippen LogP) is -0.181. The first kappa shape index (κ1) is 5.90. The molecular weight excluding hydrogens is 120 g/mol. The van der Waals surface area contributed by atoms with Crippen LogP contribution in [0.1, 0.15) is 0 Å². The van der Waals surface area contributed by atoms with Gasteiger partial charge in [-0.3, -0.25) is 0 Å². The lowest BCUT2D eigenvalue weighted by atomic mass is 10.4. The zero-order valence-corrected chi connectivity index (χ0v) is 4.65. The van der Waals surface area contributed by atoms with Crippen LogP contribution >= 0.6 is 0 Å². The van der Waals surface area contributed by atoms with Crippen LogP contribution in [0.25, 0.3) is 0 Å². The normalized spacial score (nSPS) is 16.3. The topological polar surface area (TPSA) is 69.3 Å². The zero-order valence-electron chi connectivity index (χ0n) is 4.65. The number of nitrogens with one attached hydrogen (secondary N) is 1. The van der Waals surface area contributed by atoms with Crippen molar-refractivity contribution in [3.63, 3.8) is 0 Å². The minimum Gasteiger partial charge on any atom is -0.390 e. The van der Waals surface area contributed by atoms with Crippen LogP contribution in [-0.2, 0) is 0 Å². The maximum absolute atomic E-state index is 8.51. The highest BCUT2D eigenvalue weighted by Gasteiger charge is 1.90. The van der Waals surface area contributed by atoms with Crippen molar-refractivity contribution in [1.82, 2.24) is 5.53 Å². The summed E-state index contributed by atoms with van der Waals surface area (Å²) in [5, 5.41) is 19.0. The Morgan fingerprint density at radius 2 is 2.56 bits per heavy atom. The van der Waals surface area contributed by atoms with Crippen LogP contribution in [0.3, 0.4) is 0 Å². The maximum Gasteiger partial charge on any atom is 0.0894 e. The summed E-state index contributed by atoms with van der Waals surface area (Å²) in [6, 6.07) is 0. The quantitative estimate of drug-likeness (QED) is 0.511. The molecule has 48 valence electrons. The first-order valence-electron chi connectivity index (χ1n) is 2.42. The van der Waals surface area contributed by atoms with Crippen molar-refractivity contribution in [1.29, 1.82) is 0 Å². The Hall–Kier alpha value is -1.23. The number of aliphatic hydroxyl groups is 1. The highest BCUT2D eigenvalue weighted by molar-refractivity contribution is 5.95. The van der Waals surface area contributed by atoms with Crippen molar-refractivity contribution in [2.24, 2.45) is 15.4 Å². The van der Waals surface area contributed by atoms with Gasteiger partial charge in [-0.05, 0) is 6.08 Å². The molecule has 0 atom stereocenters. The Morgan fingerprint density at radius 3 is 3.33 bits per heavy atom. The third-order valence-corrected chi connectivity index (χ3v) is 0.792. The first-order valence-corrected chi connectivity index (χ1v) is 2.42. The molecule has 0 aromatic carbocycles. The van der Waals surface area contributed by atoms with E-state index in [0.29, 0.717) is 5.71 Å². The Kier molecular flexibility index (Phi) is 1.92. The summed E-state index contributed by atoms with van der Waals surface area (Å²) in [6.45, 7) is -0.103. The van der Waals surface area contributed by atoms with E-state index in [1.54, 1.807) is 6.08 Å². The maximum atomic E-state index is 8.51. The van der Waals surface area contributed by atoms with Gasteiger partial charge in [0.1, 0.15) is 0 Å². The molecule has 0 aromatic heterocycles. The van der Waals surface area contributed by atoms with Gasteiger partial charge in [-0.1, -0.05) is 5.22 Å². The molecule has 0 fully saturated rings. The van der Waals surface area contributed by atoms with E-state index in [1.807, 2.05) is 0 Å². The Bertz CT molecular complexity index is 171. The second-order valence-electron chi connectivity index (χ2n) is 1.39. The van der Waals surface area contributed by atoms with Crippen LogP contribution in [-0.4, -0.2) is 17.4 Å². The largest absolute Gasteiger partial charge is 0.390 e. The lowest BCUT2D eigenvalue weighted by Crippen LogP contribution is -2.04. The van der Waals surface area contributed by atoms with E-state index in [9.17, 15) is 0 Å². The summed E-state index contributed by atoms with van der Waals surface area (Å²) in [5.41, 5.74) is 2.79. The molecule has 2 N–H and O–H groups in total. The van der Waals surface area contributed by atoms with Crippen LogP contribution in [0, 0.1) is 0 Å². The van der Waals surface area contributed by atoms with Gasteiger partial charge in [0, 0.05) is 0 Å². The second-order valence-corrected chi connectivity index (χ2v) is 1.39. The van der Waals surface area contributed by atoms with E-state index in [4.69, 9.17) is 5.11 Å². The van der Waals surface area contributed by atoms with Gasteiger partial charge >= 0.3 is 0 Å². The van der Waals surface area contributed by atoms with Crippen molar-refractivity contribution in [2.75, 3.05) is 6.61 Å². The molecule has 0 saturated carbocycles. The molecular formula is C4H6N4O. The van der Waals surface area contributed by atoms with Crippen LogP contribution in [0.4, 0.5) is 0 Å². The Morgan fingerprint density at radius 1 is 1.67 bits per heavy atom. The van der Waals surface area contributed by atoms with E-state index >= 15 is 0 Å². The molecule has 0 radical (unpaired) electrons. The minimum atomic E-state index is -0.103. The van der Waals surface area contributed by atoms with Gasteiger partial charge in [-0.15, -0.1) is 5.11 Å². The predicted molar refractivity (Wildman–Crippen MR) is 31.7 cm³/mol. The summed E-state index contributed by atoms with van der Waals surface area (Å²) in [6.07, 6.45) is 3.03. The fourth-order valence-electron chi connectivity index (χ4n) is 0.390. The number of rotatable bonds is 1. The highest BCUT2D eigenvalue weighted by Crippen LogP contribution is 1.86. The molecule has 0 unspecified atom stereocenters. The van der Waals surface area contributed by atoms with E-state index in [-0.39, 0.29) is 6.61 Å². The van der Waals surface area contributed by atoms with Crippen LogP contribution in [0.2, 0.25) is 0 Å². The van der Waals surface area contributed by atoms with Gasteiger partial charge in [-0.25, -0.2) is 0 Å². The lowest BCUT2D eigenvalue weighted by molar-refractivity contribution is 0.357. The fourth-order valence-corrected chi connectivity index (χ4v) is 0.390. The molecule has 1 aliphatic heterocycles. The number of hydrazone groups is 1. The first-order chi connectivity index (χ1) is 4.43. The summed E-state index contributed by atoms with van der Waals surface area (Å²) in [7, 11) is 0. The third kappa shape index (κ3) is 1.61. The average Bonchev–Trinajstić information content (AvgIpc) is 2.13. The summed E-state index contributed by atoms with van der Waals surface area (Å²) < 4.78 is 0. The highest BCUT2D eigenvalue weighted by atomic mass is 16.3. The van der Waals surface area contributed by atoms with E-state index in [2.05, 4.69) is 21.0 Å². The number of hydrogen-bond donors (Lipinski definition) is 2. The van der Waals surface area contributed by atoms with Crippen molar-refractivity contribution < 1.29 is 5.11 Å².